The molecule has 3 nitrogen and oxygen atoms in total. The first-order valence-electron chi connectivity index (χ1n) is 6.65. The molecule has 0 amide bonds. The Morgan fingerprint density at radius 2 is 1.60 bits per heavy atom. The third-order valence-electron chi connectivity index (χ3n) is 3.28. The van der Waals surface area contributed by atoms with E-state index in [1.807, 2.05) is 24.3 Å². The molecule has 0 saturated heterocycles. The second-order valence-corrected chi connectivity index (χ2v) is 4.60. The number of nitriles is 1. The molecule has 0 fully saturated rings. The maximum absolute atomic E-state index is 9.28. The van der Waals surface area contributed by atoms with Crippen molar-refractivity contribution in [1.29, 1.82) is 5.26 Å². The Morgan fingerprint density at radius 3 is 2.05 bits per heavy atom. The van der Waals surface area contributed by atoms with E-state index >= 15 is 0 Å². The van der Waals surface area contributed by atoms with Crippen molar-refractivity contribution in [2.24, 2.45) is 0 Å². The second-order valence-electron chi connectivity index (χ2n) is 4.60. The lowest BCUT2D eigenvalue weighted by atomic mass is 9.97. The summed E-state index contributed by atoms with van der Waals surface area (Å²) in [6.45, 7) is 2.22. The summed E-state index contributed by atoms with van der Waals surface area (Å²) in [5.74, 6) is 1.62. The van der Waals surface area contributed by atoms with Crippen molar-refractivity contribution in [1.82, 2.24) is 0 Å². The van der Waals surface area contributed by atoms with Crippen LogP contribution in [0, 0.1) is 11.3 Å². The summed E-state index contributed by atoms with van der Waals surface area (Å²) < 4.78 is 5.71. The molecule has 3 heteroatoms. The van der Waals surface area contributed by atoms with Gasteiger partial charge in [-0.3, -0.25) is 0 Å². The summed E-state index contributed by atoms with van der Waals surface area (Å²) in [5, 5.41) is 18.0. The maximum Gasteiger partial charge on any atom is 0.127 e. The van der Waals surface area contributed by atoms with E-state index < -0.39 is 0 Å². The topological polar surface area (TPSA) is 53.2 Å². The van der Waals surface area contributed by atoms with E-state index in [4.69, 9.17) is 10.00 Å². The SMILES string of the molecule is CCC(CO)c1ccc(Oc2ccc(C#N)cc2)cc1. The van der Waals surface area contributed by atoms with Crippen LogP contribution in [0.1, 0.15) is 30.4 Å². The van der Waals surface area contributed by atoms with E-state index in [1.165, 1.54) is 0 Å². The van der Waals surface area contributed by atoms with Crippen LogP contribution in [-0.4, -0.2) is 11.7 Å². The van der Waals surface area contributed by atoms with Gasteiger partial charge in [0.2, 0.25) is 0 Å². The molecule has 2 rings (SSSR count). The van der Waals surface area contributed by atoms with Crippen LogP contribution in [0.4, 0.5) is 0 Å². The first-order valence-corrected chi connectivity index (χ1v) is 6.65. The quantitative estimate of drug-likeness (QED) is 0.895. The zero-order chi connectivity index (χ0) is 14.4. The van der Waals surface area contributed by atoms with Crippen molar-refractivity contribution in [2.45, 2.75) is 19.3 Å². The Bertz CT molecular complexity index is 578. The standard InChI is InChI=1S/C17H17NO2/c1-2-14(12-19)15-5-9-17(10-6-15)20-16-7-3-13(11-18)4-8-16/h3-10,14,19H,2,12H2,1H3. The van der Waals surface area contributed by atoms with Gasteiger partial charge in [0.25, 0.3) is 0 Å². The average Bonchev–Trinajstić information content (AvgIpc) is 2.51. The van der Waals surface area contributed by atoms with Gasteiger partial charge in [0, 0.05) is 12.5 Å². The van der Waals surface area contributed by atoms with Crippen molar-refractivity contribution in [3.05, 3.63) is 59.7 Å². The predicted octanol–water partition coefficient (Wildman–Crippen LogP) is 3.84. The normalized spacial score (nSPS) is 11.7. The van der Waals surface area contributed by atoms with E-state index in [0.717, 1.165) is 17.7 Å². The molecule has 0 saturated carbocycles. The maximum atomic E-state index is 9.28. The number of hydrogen-bond acceptors (Lipinski definition) is 3. The van der Waals surface area contributed by atoms with Crippen LogP contribution in [0.3, 0.4) is 0 Å². The number of hydrogen-bond donors (Lipinski definition) is 1. The Kier molecular flexibility index (Phi) is 4.75. The Morgan fingerprint density at radius 1 is 1.05 bits per heavy atom. The summed E-state index contributed by atoms with van der Waals surface area (Å²) in [7, 11) is 0. The van der Waals surface area contributed by atoms with Crippen LogP contribution in [0.5, 0.6) is 11.5 Å². The Labute approximate surface area is 119 Å². The van der Waals surface area contributed by atoms with Crippen LogP contribution < -0.4 is 4.74 Å². The van der Waals surface area contributed by atoms with Gasteiger partial charge in [0.15, 0.2) is 0 Å². The minimum Gasteiger partial charge on any atom is -0.457 e. The summed E-state index contributed by atoms with van der Waals surface area (Å²) in [6.07, 6.45) is 0.909. The van der Waals surface area contributed by atoms with E-state index in [9.17, 15) is 5.11 Å². The molecule has 2 aromatic carbocycles. The smallest absolute Gasteiger partial charge is 0.127 e. The van der Waals surface area contributed by atoms with Gasteiger partial charge in [-0.1, -0.05) is 19.1 Å². The zero-order valence-electron chi connectivity index (χ0n) is 11.4. The molecule has 0 radical (unpaired) electrons. The van der Waals surface area contributed by atoms with Gasteiger partial charge in [-0.25, -0.2) is 0 Å². The third-order valence-corrected chi connectivity index (χ3v) is 3.28. The molecule has 0 spiro atoms. The molecule has 1 unspecified atom stereocenters. The Hall–Kier alpha value is -2.31. The lowest BCUT2D eigenvalue weighted by molar-refractivity contribution is 0.262. The van der Waals surface area contributed by atoms with Crippen molar-refractivity contribution in [3.8, 4) is 17.6 Å². The molecule has 0 aromatic heterocycles. The van der Waals surface area contributed by atoms with E-state index in [0.29, 0.717) is 11.3 Å². The fourth-order valence-electron chi connectivity index (χ4n) is 2.01. The molecule has 0 aliphatic carbocycles. The molecular weight excluding hydrogens is 250 g/mol. The third kappa shape index (κ3) is 3.37. The van der Waals surface area contributed by atoms with Gasteiger partial charge >= 0.3 is 0 Å². The molecule has 102 valence electrons. The van der Waals surface area contributed by atoms with Crippen molar-refractivity contribution in [2.75, 3.05) is 6.61 Å². The summed E-state index contributed by atoms with van der Waals surface area (Å²) >= 11 is 0. The Balaban J connectivity index is 2.08. The first-order chi connectivity index (χ1) is 9.76. The van der Waals surface area contributed by atoms with Crippen molar-refractivity contribution < 1.29 is 9.84 Å². The highest BCUT2D eigenvalue weighted by Gasteiger charge is 2.07. The molecule has 0 aliphatic rings. The van der Waals surface area contributed by atoms with Gasteiger partial charge in [-0.2, -0.15) is 5.26 Å². The van der Waals surface area contributed by atoms with Crippen LogP contribution >= 0.6 is 0 Å². The van der Waals surface area contributed by atoms with Crippen LogP contribution in [0.2, 0.25) is 0 Å². The van der Waals surface area contributed by atoms with Gasteiger partial charge in [-0.15, -0.1) is 0 Å². The van der Waals surface area contributed by atoms with Gasteiger partial charge in [0.05, 0.1) is 11.6 Å². The van der Waals surface area contributed by atoms with Crippen molar-refractivity contribution in [3.63, 3.8) is 0 Å². The number of rotatable bonds is 5. The second kappa shape index (κ2) is 6.74. The molecule has 0 bridgehead atoms. The monoisotopic (exact) mass is 267 g/mol. The number of benzene rings is 2. The summed E-state index contributed by atoms with van der Waals surface area (Å²) in [4.78, 5) is 0. The number of nitrogens with zero attached hydrogens (tertiary/aromatic N) is 1. The van der Waals surface area contributed by atoms with E-state index in [1.54, 1.807) is 24.3 Å². The van der Waals surface area contributed by atoms with E-state index in [2.05, 4.69) is 13.0 Å². The van der Waals surface area contributed by atoms with Crippen molar-refractivity contribution >= 4 is 0 Å². The fraction of sp³-hybridized carbons (Fsp3) is 0.235. The highest BCUT2D eigenvalue weighted by atomic mass is 16.5. The fourth-order valence-corrected chi connectivity index (χ4v) is 2.01. The molecule has 1 N–H and O–H groups in total. The molecule has 0 heterocycles. The molecule has 20 heavy (non-hydrogen) atoms. The molecular formula is C17H17NO2. The van der Waals surface area contributed by atoms with Crippen LogP contribution in [-0.2, 0) is 0 Å². The molecule has 1 atom stereocenters. The summed E-state index contributed by atoms with van der Waals surface area (Å²) in [6, 6.07) is 16.8. The van der Waals surface area contributed by atoms with Crippen LogP contribution in [0.15, 0.2) is 48.5 Å². The lowest BCUT2D eigenvalue weighted by Crippen LogP contribution is -2.02. The first kappa shape index (κ1) is 14.1. The zero-order valence-corrected chi connectivity index (χ0v) is 11.4. The minimum absolute atomic E-state index is 0.159. The predicted molar refractivity (Wildman–Crippen MR) is 77.8 cm³/mol. The van der Waals surface area contributed by atoms with Gasteiger partial charge in [0.1, 0.15) is 11.5 Å². The number of aliphatic hydroxyl groups excluding tert-OH is 1. The number of ether oxygens (including phenoxy) is 1. The number of aliphatic hydroxyl groups is 1. The lowest BCUT2D eigenvalue weighted by Gasteiger charge is -2.12. The molecule has 0 aliphatic heterocycles. The molecule has 2 aromatic rings. The summed E-state index contributed by atoms with van der Waals surface area (Å²) in [5.41, 5.74) is 1.73. The van der Waals surface area contributed by atoms with Crippen LogP contribution in [0.25, 0.3) is 0 Å². The van der Waals surface area contributed by atoms with Gasteiger partial charge in [-0.05, 0) is 48.4 Å². The van der Waals surface area contributed by atoms with E-state index in [-0.39, 0.29) is 12.5 Å². The average molecular weight is 267 g/mol. The largest absolute Gasteiger partial charge is 0.457 e. The highest BCUT2D eigenvalue weighted by Crippen LogP contribution is 2.25. The van der Waals surface area contributed by atoms with Gasteiger partial charge < -0.3 is 9.84 Å². The minimum atomic E-state index is 0.159. The highest BCUT2D eigenvalue weighted by molar-refractivity contribution is 5.38.